The van der Waals surface area contributed by atoms with Gasteiger partial charge in [-0.15, -0.1) is 0 Å². The molecule has 2 aromatic carbocycles. The van der Waals surface area contributed by atoms with Crippen LogP contribution < -0.4 is 14.4 Å². The van der Waals surface area contributed by atoms with Crippen molar-refractivity contribution in [3.63, 3.8) is 0 Å². The van der Waals surface area contributed by atoms with E-state index >= 15 is 0 Å². The van der Waals surface area contributed by atoms with Crippen molar-refractivity contribution in [3.8, 4) is 5.75 Å². The zero-order valence-corrected chi connectivity index (χ0v) is 16.2. The summed E-state index contributed by atoms with van der Waals surface area (Å²) in [7, 11) is -3.74. The minimum Gasteiger partial charge on any atom is -0.492 e. The number of rotatable bonds is 8. The second-order valence-corrected chi connectivity index (χ2v) is 7.76. The molecule has 7 nitrogen and oxygen atoms in total. The molecule has 0 unspecified atom stereocenters. The minimum absolute atomic E-state index is 0.194. The molecule has 1 N–H and O–H groups in total. The van der Waals surface area contributed by atoms with Gasteiger partial charge in [-0.1, -0.05) is 24.3 Å². The van der Waals surface area contributed by atoms with Crippen LogP contribution in [0, 0.1) is 0 Å². The fraction of sp³-hybridized carbons (Fsp3) is 0.263. The van der Waals surface area contributed by atoms with Crippen molar-refractivity contribution in [1.29, 1.82) is 0 Å². The predicted molar refractivity (Wildman–Crippen MR) is 105 cm³/mol. The third-order valence-corrected chi connectivity index (χ3v) is 4.83. The first-order valence-corrected chi connectivity index (χ1v) is 10.2. The number of para-hydroxylation sites is 2. The van der Waals surface area contributed by atoms with Crippen molar-refractivity contribution in [1.82, 2.24) is 0 Å². The molecule has 27 heavy (non-hydrogen) atoms. The maximum Gasteiger partial charge on any atom is 0.245 e. The number of Topliss-reactive ketones (excluding diaryl/α,β-unsaturated/α-hetero) is 1. The zero-order valence-electron chi connectivity index (χ0n) is 15.4. The van der Waals surface area contributed by atoms with Crippen molar-refractivity contribution < 1.29 is 22.7 Å². The molecule has 2 rings (SSSR count). The second-order valence-electron chi connectivity index (χ2n) is 5.85. The Labute approximate surface area is 159 Å². The van der Waals surface area contributed by atoms with Gasteiger partial charge in [-0.25, -0.2) is 8.42 Å². The third-order valence-electron chi connectivity index (χ3n) is 3.69. The SMILES string of the molecule is CCOc1ccccc1NC(=O)CN(c1cccc(C(C)=O)c1)S(C)(=O)=O. The molecule has 0 aliphatic carbocycles. The lowest BCUT2D eigenvalue weighted by Crippen LogP contribution is -2.37. The summed E-state index contributed by atoms with van der Waals surface area (Å²) in [5, 5.41) is 2.67. The quantitative estimate of drug-likeness (QED) is 0.700. The number of nitrogens with one attached hydrogen (secondary N) is 1. The van der Waals surface area contributed by atoms with E-state index in [9.17, 15) is 18.0 Å². The van der Waals surface area contributed by atoms with Gasteiger partial charge < -0.3 is 10.1 Å². The number of hydrogen-bond acceptors (Lipinski definition) is 5. The van der Waals surface area contributed by atoms with Gasteiger partial charge in [0.2, 0.25) is 15.9 Å². The molecule has 2 aromatic rings. The highest BCUT2D eigenvalue weighted by Crippen LogP contribution is 2.24. The number of hydrogen-bond donors (Lipinski definition) is 1. The molecule has 0 saturated carbocycles. The first-order chi connectivity index (χ1) is 12.7. The van der Waals surface area contributed by atoms with Crippen LogP contribution in [0.3, 0.4) is 0 Å². The van der Waals surface area contributed by atoms with Crippen molar-refractivity contribution in [2.75, 3.05) is 29.0 Å². The molecule has 0 aliphatic rings. The largest absolute Gasteiger partial charge is 0.492 e. The van der Waals surface area contributed by atoms with Crippen LogP contribution in [-0.4, -0.2) is 39.5 Å². The topological polar surface area (TPSA) is 92.8 Å². The highest BCUT2D eigenvalue weighted by molar-refractivity contribution is 7.92. The van der Waals surface area contributed by atoms with Crippen LogP contribution in [0.4, 0.5) is 11.4 Å². The number of carbonyl (C=O) groups excluding carboxylic acids is 2. The number of amides is 1. The van der Waals surface area contributed by atoms with E-state index in [0.717, 1.165) is 10.6 Å². The summed E-state index contributed by atoms with van der Waals surface area (Å²) in [6.45, 7) is 3.22. The lowest BCUT2D eigenvalue weighted by atomic mass is 10.1. The molecule has 1 amide bonds. The molecule has 0 radical (unpaired) electrons. The average Bonchev–Trinajstić information content (AvgIpc) is 2.60. The van der Waals surface area contributed by atoms with Gasteiger partial charge in [-0.3, -0.25) is 13.9 Å². The fourth-order valence-corrected chi connectivity index (χ4v) is 3.30. The summed E-state index contributed by atoms with van der Waals surface area (Å²) < 4.78 is 30.8. The monoisotopic (exact) mass is 390 g/mol. The normalized spacial score (nSPS) is 10.9. The van der Waals surface area contributed by atoms with Gasteiger partial charge in [0.15, 0.2) is 5.78 Å². The number of benzene rings is 2. The van der Waals surface area contributed by atoms with Crippen molar-refractivity contribution in [3.05, 3.63) is 54.1 Å². The van der Waals surface area contributed by atoms with Gasteiger partial charge in [-0.2, -0.15) is 0 Å². The Balaban J connectivity index is 2.26. The fourth-order valence-electron chi connectivity index (χ4n) is 2.45. The lowest BCUT2D eigenvalue weighted by molar-refractivity contribution is -0.114. The van der Waals surface area contributed by atoms with Crippen LogP contribution in [0.15, 0.2) is 48.5 Å². The Morgan fingerprint density at radius 1 is 1.11 bits per heavy atom. The zero-order chi connectivity index (χ0) is 20.0. The molecular weight excluding hydrogens is 368 g/mol. The van der Waals surface area contributed by atoms with Crippen LogP contribution >= 0.6 is 0 Å². The van der Waals surface area contributed by atoms with E-state index in [0.29, 0.717) is 23.6 Å². The summed E-state index contributed by atoms with van der Waals surface area (Å²) in [5.41, 5.74) is 1.07. The first kappa shape index (κ1) is 20.4. The van der Waals surface area contributed by atoms with Crippen molar-refractivity contribution >= 4 is 33.1 Å². The molecule has 0 fully saturated rings. The first-order valence-electron chi connectivity index (χ1n) is 8.32. The molecule has 0 aliphatic heterocycles. The van der Waals surface area contributed by atoms with Crippen molar-refractivity contribution in [2.45, 2.75) is 13.8 Å². The summed E-state index contributed by atoms with van der Waals surface area (Å²) in [4.78, 5) is 24.0. The molecule has 0 spiro atoms. The van der Waals surface area contributed by atoms with E-state index in [2.05, 4.69) is 5.32 Å². The number of anilines is 2. The van der Waals surface area contributed by atoms with Gasteiger partial charge >= 0.3 is 0 Å². The molecular formula is C19H22N2O5S. The molecule has 0 saturated heterocycles. The number of ether oxygens (including phenoxy) is 1. The van der Waals surface area contributed by atoms with Gasteiger partial charge in [0.05, 0.1) is 24.2 Å². The molecule has 0 heterocycles. The van der Waals surface area contributed by atoms with Crippen LogP contribution in [0.1, 0.15) is 24.2 Å². The molecule has 0 aromatic heterocycles. The molecule has 144 valence electrons. The van der Waals surface area contributed by atoms with Gasteiger partial charge in [0.1, 0.15) is 12.3 Å². The molecule has 0 bridgehead atoms. The maximum absolute atomic E-state index is 12.5. The predicted octanol–water partition coefficient (Wildman–Crippen LogP) is 2.69. The van der Waals surface area contributed by atoms with Crippen LogP contribution in [-0.2, 0) is 14.8 Å². The summed E-state index contributed by atoms with van der Waals surface area (Å²) >= 11 is 0. The van der Waals surface area contributed by atoms with Gasteiger partial charge in [0, 0.05) is 5.56 Å². The minimum atomic E-state index is -3.74. The number of nitrogens with zero attached hydrogens (tertiary/aromatic N) is 1. The van der Waals surface area contributed by atoms with E-state index < -0.39 is 22.5 Å². The Bertz CT molecular complexity index is 941. The molecule has 8 heteroatoms. The Hall–Kier alpha value is -2.87. The summed E-state index contributed by atoms with van der Waals surface area (Å²) in [5.74, 6) is -0.223. The van der Waals surface area contributed by atoms with E-state index in [-0.39, 0.29) is 11.5 Å². The smallest absolute Gasteiger partial charge is 0.245 e. The van der Waals surface area contributed by atoms with Crippen LogP contribution in [0.2, 0.25) is 0 Å². The van der Waals surface area contributed by atoms with E-state index in [1.54, 1.807) is 36.4 Å². The van der Waals surface area contributed by atoms with Crippen molar-refractivity contribution in [2.24, 2.45) is 0 Å². The van der Waals surface area contributed by atoms with Crippen LogP contribution in [0.25, 0.3) is 0 Å². The van der Waals surface area contributed by atoms with E-state index in [1.165, 1.54) is 19.1 Å². The highest BCUT2D eigenvalue weighted by atomic mass is 32.2. The maximum atomic E-state index is 12.5. The Kier molecular flexibility index (Phi) is 6.57. The lowest BCUT2D eigenvalue weighted by Gasteiger charge is -2.22. The number of sulfonamides is 1. The second kappa shape index (κ2) is 8.68. The third kappa shape index (κ3) is 5.55. The van der Waals surface area contributed by atoms with Gasteiger partial charge in [-0.05, 0) is 38.1 Å². The van der Waals surface area contributed by atoms with E-state index in [1.807, 2.05) is 6.92 Å². The van der Waals surface area contributed by atoms with E-state index in [4.69, 9.17) is 4.74 Å². The Morgan fingerprint density at radius 2 is 1.81 bits per heavy atom. The summed E-state index contributed by atoms with van der Waals surface area (Å²) in [6, 6.07) is 13.0. The standard InChI is InChI=1S/C19H22N2O5S/c1-4-26-18-11-6-5-10-17(18)20-19(23)13-21(27(3,24)25)16-9-7-8-15(12-16)14(2)22/h5-12H,4,13H2,1-3H3,(H,20,23). The molecule has 0 atom stereocenters. The summed E-state index contributed by atoms with van der Waals surface area (Å²) in [6.07, 6.45) is 1.01. The number of ketones is 1. The Morgan fingerprint density at radius 3 is 2.44 bits per heavy atom. The van der Waals surface area contributed by atoms with Crippen LogP contribution in [0.5, 0.6) is 5.75 Å². The van der Waals surface area contributed by atoms with Gasteiger partial charge in [0.25, 0.3) is 0 Å². The number of carbonyl (C=O) groups is 2. The average molecular weight is 390 g/mol. The highest BCUT2D eigenvalue weighted by Gasteiger charge is 2.22.